The monoisotopic (exact) mass is 201 g/mol. The first-order chi connectivity index (χ1) is 5.84. The van der Waals surface area contributed by atoms with Gasteiger partial charge in [0.2, 0.25) is 0 Å². The van der Waals surface area contributed by atoms with E-state index in [1.807, 2.05) is 7.05 Å². The summed E-state index contributed by atoms with van der Waals surface area (Å²) in [6, 6.07) is -0.0903. The quantitative estimate of drug-likeness (QED) is 0.757. The van der Waals surface area contributed by atoms with Gasteiger partial charge in [-0.25, -0.2) is 0 Å². The fraction of sp³-hybridized carbons (Fsp3) is 0.667. The van der Waals surface area contributed by atoms with Crippen molar-refractivity contribution in [3.05, 3.63) is 16.9 Å². The lowest BCUT2D eigenvalue weighted by atomic mass is 9.85. The second-order valence-corrected chi connectivity index (χ2v) is 4.75. The Kier molecular flexibility index (Phi) is 2.68. The van der Waals surface area contributed by atoms with Crippen molar-refractivity contribution in [1.29, 1.82) is 0 Å². The lowest BCUT2D eigenvalue weighted by molar-refractivity contribution is 0.314. The van der Waals surface area contributed by atoms with Crippen molar-refractivity contribution >= 4 is 11.6 Å². The first kappa shape index (κ1) is 10.5. The van der Waals surface area contributed by atoms with Gasteiger partial charge in [0.15, 0.2) is 0 Å². The number of halogens is 1. The minimum Gasteiger partial charge on any atom is -0.322 e. The average Bonchev–Trinajstić information content (AvgIpc) is 2.28. The van der Waals surface area contributed by atoms with Gasteiger partial charge in [-0.05, 0) is 5.41 Å². The van der Waals surface area contributed by atoms with Gasteiger partial charge in [-0.3, -0.25) is 4.68 Å². The SMILES string of the molecule is Cn1ncc(Cl)c1C(N)C(C)(C)C. The molecule has 0 aromatic carbocycles. The molecule has 1 unspecified atom stereocenters. The largest absolute Gasteiger partial charge is 0.322 e. The van der Waals surface area contributed by atoms with E-state index in [1.54, 1.807) is 10.9 Å². The molecular weight excluding hydrogens is 186 g/mol. The molecule has 13 heavy (non-hydrogen) atoms. The number of rotatable bonds is 1. The predicted molar refractivity (Wildman–Crippen MR) is 54.6 cm³/mol. The highest BCUT2D eigenvalue weighted by molar-refractivity contribution is 6.31. The summed E-state index contributed by atoms with van der Waals surface area (Å²) in [5.41, 5.74) is 6.97. The van der Waals surface area contributed by atoms with Crippen LogP contribution in [0.5, 0.6) is 0 Å². The Balaban J connectivity index is 3.08. The molecule has 0 radical (unpaired) electrons. The molecule has 1 heterocycles. The number of nitrogens with zero attached hydrogens (tertiary/aromatic N) is 2. The number of hydrogen-bond donors (Lipinski definition) is 1. The van der Waals surface area contributed by atoms with Gasteiger partial charge in [-0.1, -0.05) is 32.4 Å². The van der Waals surface area contributed by atoms with Crippen LogP contribution in [0.4, 0.5) is 0 Å². The van der Waals surface area contributed by atoms with E-state index in [0.29, 0.717) is 5.02 Å². The van der Waals surface area contributed by atoms with E-state index in [1.165, 1.54) is 0 Å². The molecule has 0 fully saturated rings. The lowest BCUT2D eigenvalue weighted by Crippen LogP contribution is -2.28. The highest BCUT2D eigenvalue weighted by Crippen LogP contribution is 2.33. The lowest BCUT2D eigenvalue weighted by Gasteiger charge is -2.27. The second kappa shape index (κ2) is 3.31. The maximum absolute atomic E-state index is 6.07. The van der Waals surface area contributed by atoms with E-state index < -0.39 is 0 Å². The van der Waals surface area contributed by atoms with Crippen molar-refractivity contribution in [2.75, 3.05) is 0 Å². The molecule has 0 bridgehead atoms. The molecule has 1 rings (SSSR count). The molecule has 74 valence electrons. The average molecular weight is 202 g/mol. The van der Waals surface area contributed by atoms with Gasteiger partial charge in [-0.15, -0.1) is 0 Å². The third-order valence-electron chi connectivity index (χ3n) is 2.17. The number of aromatic nitrogens is 2. The van der Waals surface area contributed by atoms with E-state index in [2.05, 4.69) is 25.9 Å². The van der Waals surface area contributed by atoms with Crippen LogP contribution in [0.3, 0.4) is 0 Å². The minimum atomic E-state index is -0.0903. The Bertz CT molecular complexity index is 279. The van der Waals surface area contributed by atoms with Crippen LogP contribution in [0, 0.1) is 5.41 Å². The normalized spacial score (nSPS) is 14.6. The zero-order valence-corrected chi connectivity index (χ0v) is 9.26. The summed E-state index contributed by atoms with van der Waals surface area (Å²) >= 11 is 5.98. The molecule has 1 atom stereocenters. The topological polar surface area (TPSA) is 43.8 Å². The molecule has 0 amide bonds. The van der Waals surface area contributed by atoms with Gasteiger partial charge in [0.1, 0.15) is 0 Å². The molecule has 4 heteroatoms. The zero-order valence-electron chi connectivity index (χ0n) is 8.50. The van der Waals surface area contributed by atoms with Gasteiger partial charge in [0.25, 0.3) is 0 Å². The Morgan fingerprint density at radius 1 is 1.54 bits per heavy atom. The van der Waals surface area contributed by atoms with E-state index >= 15 is 0 Å². The molecule has 3 nitrogen and oxygen atoms in total. The van der Waals surface area contributed by atoms with E-state index in [-0.39, 0.29) is 11.5 Å². The van der Waals surface area contributed by atoms with Crippen LogP contribution in [-0.2, 0) is 7.05 Å². The highest BCUT2D eigenvalue weighted by Gasteiger charge is 2.26. The molecule has 0 spiro atoms. The van der Waals surface area contributed by atoms with E-state index in [4.69, 9.17) is 17.3 Å². The third kappa shape index (κ3) is 2.03. The molecule has 2 N–H and O–H groups in total. The van der Waals surface area contributed by atoms with Crippen LogP contribution in [0.2, 0.25) is 5.02 Å². The van der Waals surface area contributed by atoms with Gasteiger partial charge in [0, 0.05) is 7.05 Å². The zero-order chi connectivity index (χ0) is 10.2. The fourth-order valence-corrected chi connectivity index (χ4v) is 1.46. The molecule has 1 aromatic rings. The Morgan fingerprint density at radius 3 is 2.38 bits per heavy atom. The third-order valence-corrected chi connectivity index (χ3v) is 2.46. The van der Waals surface area contributed by atoms with Gasteiger partial charge < -0.3 is 5.73 Å². The molecule has 0 saturated carbocycles. The minimum absolute atomic E-state index is 0.00255. The second-order valence-electron chi connectivity index (χ2n) is 4.35. The Morgan fingerprint density at radius 2 is 2.08 bits per heavy atom. The molecule has 0 aliphatic rings. The molecular formula is C9H16ClN3. The summed E-state index contributed by atoms with van der Waals surface area (Å²) < 4.78 is 1.73. The van der Waals surface area contributed by atoms with Crippen molar-refractivity contribution in [2.45, 2.75) is 26.8 Å². The maximum atomic E-state index is 6.07. The molecule has 0 saturated heterocycles. The van der Waals surface area contributed by atoms with Crippen LogP contribution in [0.25, 0.3) is 0 Å². The summed E-state index contributed by atoms with van der Waals surface area (Å²) in [5.74, 6) is 0. The van der Waals surface area contributed by atoms with Gasteiger partial charge in [0.05, 0.1) is 23.0 Å². The number of hydrogen-bond acceptors (Lipinski definition) is 2. The standard InChI is InChI=1S/C9H16ClN3/c1-9(2,3)8(11)7-6(10)5-12-13(7)4/h5,8H,11H2,1-4H3. The first-order valence-electron chi connectivity index (χ1n) is 4.27. The van der Waals surface area contributed by atoms with E-state index in [9.17, 15) is 0 Å². The maximum Gasteiger partial charge on any atom is 0.0834 e. The summed E-state index contributed by atoms with van der Waals surface area (Å²) in [4.78, 5) is 0. The van der Waals surface area contributed by atoms with Crippen molar-refractivity contribution in [3.63, 3.8) is 0 Å². The summed E-state index contributed by atoms with van der Waals surface area (Å²) in [5, 5.41) is 4.70. The summed E-state index contributed by atoms with van der Waals surface area (Å²) in [6.45, 7) is 6.25. The smallest absolute Gasteiger partial charge is 0.0834 e. The summed E-state index contributed by atoms with van der Waals surface area (Å²) in [6.07, 6.45) is 1.63. The van der Waals surface area contributed by atoms with Crippen molar-refractivity contribution < 1.29 is 0 Å². The van der Waals surface area contributed by atoms with Crippen LogP contribution in [0.1, 0.15) is 32.5 Å². The molecule has 0 aliphatic heterocycles. The van der Waals surface area contributed by atoms with Crippen LogP contribution >= 0.6 is 11.6 Å². The van der Waals surface area contributed by atoms with Crippen LogP contribution < -0.4 is 5.73 Å². The number of nitrogens with two attached hydrogens (primary N) is 1. The molecule has 0 aliphatic carbocycles. The molecule has 1 aromatic heterocycles. The van der Waals surface area contributed by atoms with E-state index in [0.717, 1.165) is 5.69 Å². The van der Waals surface area contributed by atoms with Crippen LogP contribution in [-0.4, -0.2) is 9.78 Å². The van der Waals surface area contributed by atoms with Gasteiger partial charge >= 0.3 is 0 Å². The Labute approximate surface area is 83.9 Å². The van der Waals surface area contributed by atoms with Crippen molar-refractivity contribution in [1.82, 2.24) is 9.78 Å². The Hall–Kier alpha value is -0.540. The number of aryl methyl sites for hydroxylation is 1. The highest BCUT2D eigenvalue weighted by atomic mass is 35.5. The summed E-state index contributed by atoms with van der Waals surface area (Å²) in [7, 11) is 1.85. The van der Waals surface area contributed by atoms with Crippen molar-refractivity contribution in [3.8, 4) is 0 Å². The van der Waals surface area contributed by atoms with Crippen molar-refractivity contribution in [2.24, 2.45) is 18.2 Å². The first-order valence-corrected chi connectivity index (χ1v) is 4.65. The predicted octanol–water partition coefficient (Wildman–Crippen LogP) is 2.12. The van der Waals surface area contributed by atoms with Crippen LogP contribution in [0.15, 0.2) is 6.20 Å². The fourth-order valence-electron chi connectivity index (χ4n) is 1.18. The van der Waals surface area contributed by atoms with Gasteiger partial charge in [-0.2, -0.15) is 5.10 Å².